The predicted molar refractivity (Wildman–Crippen MR) is 114 cm³/mol. The number of carbonyl (C=O) groups is 2. The van der Waals surface area contributed by atoms with E-state index in [2.05, 4.69) is 25.7 Å². The van der Waals surface area contributed by atoms with Gasteiger partial charge < -0.3 is 10.4 Å². The molecule has 2 atom stereocenters. The van der Waals surface area contributed by atoms with Crippen molar-refractivity contribution in [2.45, 2.75) is 72.6 Å². The van der Waals surface area contributed by atoms with Crippen LogP contribution in [0.4, 0.5) is 0 Å². The molecule has 0 bridgehead atoms. The molecule has 0 amide bonds. The smallest absolute Gasteiger partial charge is 0.233 e. The van der Waals surface area contributed by atoms with Crippen LogP contribution in [0, 0.1) is 11.8 Å². The average molecular weight is 386 g/mol. The summed E-state index contributed by atoms with van der Waals surface area (Å²) in [5.74, 6) is -1.27. The number of carbonyl (C=O) groups excluding carboxylic acids is 2. The molecule has 0 aromatic carbocycles. The van der Waals surface area contributed by atoms with E-state index >= 15 is 0 Å². The second-order valence-electron chi connectivity index (χ2n) is 8.21. The Balaban J connectivity index is 2.49. The Kier molecular flexibility index (Phi) is 7.85. The lowest BCUT2D eigenvalue weighted by molar-refractivity contribution is -0.133. The number of allylic oxidation sites excluding steroid dienone is 5. The SMILES string of the molecule is C=C(C)[C@@H]1CC(C)=C[C@H]1C1=C(O)C(NCCCC)=C(CCCCC)C(=O)C1=O. The van der Waals surface area contributed by atoms with E-state index in [-0.39, 0.29) is 23.2 Å². The predicted octanol–water partition coefficient (Wildman–Crippen LogP) is 5.33. The molecule has 0 heterocycles. The molecule has 0 spiro atoms. The Bertz CT molecular complexity index is 739. The highest BCUT2D eigenvalue weighted by Crippen LogP contribution is 2.43. The molecule has 0 saturated heterocycles. The number of nitrogens with one attached hydrogen (secondary N) is 1. The zero-order valence-corrected chi connectivity index (χ0v) is 17.9. The maximum Gasteiger partial charge on any atom is 0.233 e. The van der Waals surface area contributed by atoms with Crippen LogP contribution in [0.15, 0.2) is 46.4 Å². The van der Waals surface area contributed by atoms with Crippen molar-refractivity contribution in [1.82, 2.24) is 5.32 Å². The molecule has 4 heteroatoms. The fourth-order valence-electron chi connectivity index (χ4n) is 4.17. The molecule has 0 aromatic rings. The third-order valence-electron chi connectivity index (χ3n) is 5.79. The lowest BCUT2D eigenvalue weighted by Crippen LogP contribution is -2.35. The highest BCUT2D eigenvalue weighted by Gasteiger charge is 2.41. The minimum absolute atomic E-state index is 0.0330. The number of aliphatic hydroxyl groups is 1. The third kappa shape index (κ3) is 4.65. The van der Waals surface area contributed by atoms with Gasteiger partial charge in [-0.3, -0.25) is 9.59 Å². The normalized spacial score (nSPS) is 22.8. The zero-order valence-electron chi connectivity index (χ0n) is 17.9. The first-order valence-corrected chi connectivity index (χ1v) is 10.7. The monoisotopic (exact) mass is 385 g/mol. The van der Waals surface area contributed by atoms with E-state index in [1.807, 2.05) is 19.9 Å². The number of aliphatic hydroxyl groups excluding tert-OH is 1. The summed E-state index contributed by atoms with van der Waals surface area (Å²) in [4.78, 5) is 26.0. The van der Waals surface area contributed by atoms with Crippen molar-refractivity contribution in [3.05, 3.63) is 46.4 Å². The molecule has 4 nitrogen and oxygen atoms in total. The molecule has 154 valence electrons. The third-order valence-corrected chi connectivity index (χ3v) is 5.79. The second kappa shape index (κ2) is 9.90. The summed E-state index contributed by atoms with van der Waals surface area (Å²) in [7, 11) is 0. The summed E-state index contributed by atoms with van der Waals surface area (Å²) >= 11 is 0. The van der Waals surface area contributed by atoms with Gasteiger partial charge in [0.2, 0.25) is 11.6 Å². The summed E-state index contributed by atoms with van der Waals surface area (Å²) < 4.78 is 0. The van der Waals surface area contributed by atoms with E-state index in [9.17, 15) is 14.7 Å². The van der Waals surface area contributed by atoms with Crippen LogP contribution in [-0.2, 0) is 9.59 Å². The van der Waals surface area contributed by atoms with Crippen LogP contribution in [0.5, 0.6) is 0 Å². The summed E-state index contributed by atoms with van der Waals surface area (Å²) in [6.07, 6.45) is 8.16. The molecule has 0 aromatic heterocycles. The average Bonchev–Trinajstić information content (AvgIpc) is 3.03. The minimum Gasteiger partial charge on any atom is -0.505 e. The lowest BCUT2D eigenvalue weighted by atomic mass is 9.77. The highest BCUT2D eigenvalue weighted by atomic mass is 16.3. The molecule has 0 unspecified atom stereocenters. The molecule has 2 aliphatic rings. The zero-order chi connectivity index (χ0) is 20.8. The number of hydrogen-bond acceptors (Lipinski definition) is 4. The van der Waals surface area contributed by atoms with Crippen LogP contribution in [0.25, 0.3) is 0 Å². The first-order valence-electron chi connectivity index (χ1n) is 10.7. The molecule has 0 aliphatic heterocycles. The molecule has 2 rings (SSSR count). The summed E-state index contributed by atoms with van der Waals surface area (Å²) in [6, 6.07) is 0. The van der Waals surface area contributed by atoms with E-state index in [1.165, 1.54) is 0 Å². The first kappa shape index (κ1) is 22.2. The van der Waals surface area contributed by atoms with Gasteiger partial charge in [-0.05, 0) is 45.4 Å². The maximum absolute atomic E-state index is 13.0. The molecule has 2 N–H and O–H groups in total. The van der Waals surface area contributed by atoms with Crippen LogP contribution in [0.3, 0.4) is 0 Å². The van der Waals surface area contributed by atoms with Crippen molar-refractivity contribution in [2.75, 3.05) is 6.54 Å². The number of rotatable bonds is 10. The maximum atomic E-state index is 13.0. The number of ketones is 2. The van der Waals surface area contributed by atoms with Gasteiger partial charge in [-0.2, -0.15) is 0 Å². The van der Waals surface area contributed by atoms with Gasteiger partial charge in [0.15, 0.2) is 0 Å². The summed E-state index contributed by atoms with van der Waals surface area (Å²) in [5, 5.41) is 14.4. The molecule has 0 saturated carbocycles. The molecule has 28 heavy (non-hydrogen) atoms. The lowest BCUT2D eigenvalue weighted by Gasteiger charge is -2.28. The molecular formula is C24H35NO3. The number of Topliss-reactive ketones (excluding diaryl/α,β-unsaturated/α-hetero) is 2. The van der Waals surface area contributed by atoms with Gasteiger partial charge >= 0.3 is 0 Å². The van der Waals surface area contributed by atoms with E-state index in [1.54, 1.807) is 0 Å². The van der Waals surface area contributed by atoms with Crippen molar-refractivity contribution in [2.24, 2.45) is 11.8 Å². The van der Waals surface area contributed by atoms with Crippen LogP contribution < -0.4 is 5.32 Å². The van der Waals surface area contributed by atoms with Crippen molar-refractivity contribution in [3.63, 3.8) is 0 Å². The highest BCUT2D eigenvalue weighted by molar-refractivity contribution is 6.50. The number of unbranched alkanes of at least 4 members (excludes halogenated alkanes) is 3. The van der Waals surface area contributed by atoms with Gasteiger partial charge in [0.25, 0.3) is 0 Å². The van der Waals surface area contributed by atoms with Gasteiger partial charge in [-0.25, -0.2) is 0 Å². The fourth-order valence-corrected chi connectivity index (χ4v) is 4.17. The molecule has 2 aliphatic carbocycles. The van der Waals surface area contributed by atoms with Crippen molar-refractivity contribution >= 4 is 11.6 Å². The van der Waals surface area contributed by atoms with E-state index in [0.29, 0.717) is 24.2 Å². The van der Waals surface area contributed by atoms with Crippen molar-refractivity contribution in [1.29, 1.82) is 0 Å². The van der Waals surface area contributed by atoms with Gasteiger partial charge in [0.05, 0.1) is 11.3 Å². The second-order valence-corrected chi connectivity index (χ2v) is 8.21. The van der Waals surface area contributed by atoms with Crippen LogP contribution in [0.1, 0.15) is 72.6 Å². The largest absolute Gasteiger partial charge is 0.505 e. The van der Waals surface area contributed by atoms with E-state index < -0.39 is 11.6 Å². The van der Waals surface area contributed by atoms with Gasteiger partial charge in [0.1, 0.15) is 5.76 Å². The van der Waals surface area contributed by atoms with Crippen molar-refractivity contribution in [3.8, 4) is 0 Å². The summed E-state index contributed by atoms with van der Waals surface area (Å²) in [6.45, 7) is 12.9. The van der Waals surface area contributed by atoms with Crippen LogP contribution in [0.2, 0.25) is 0 Å². The molecule has 0 fully saturated rings. The quantitative estimate of drug-likeness (QED) is 0.231. The van der Waals surface area contributed by atoms with Crippen molar-refractivity contribution < 1.29 is 14.7 Å². The fraction of sp³-hybridized carbons (Fsp3) is 0.583. The van der Waals surface area contributed by atoms with E-state index in [0.717, 1.165) is 49.7 Å². The van der Waals surface area contributed by atoms with Crippen LogP contribution in [-0.4, -0.2) is 23.2 Å². The van der Waals surface area contributed by atoms with E-state index in [4.69, 9.17) is 0 Å². The molecular weight excluding hydrogens is 350 g/mol. The standard InChI is InChI=1S/C24H35NO3/c1-6-8-10-11-17-21(25-12-9-7-2)23(27)20(24(28)22(17)26)19-14-16(5)13-18(19)15(3)4/h14,18-19,25,27H,3,6-13H2,1-2,4-5H3/t18-,19+/m0/s1. The summed E-state index contributed by atoms with van der Waals surface area (Å²) in [5.41, 5.74) is 3.30. The number of hydrogen-bond donors (Lipinski definition) is 2. The van der Waals surface area contributed by atoms with Gasteiger partial charge in [-0.15, -0.1) is 0 Å². The van der Waals surface area contributed by atoms with Crippen LogP contribution >= 0.6 is 0 Å². The Morgan fingerprint density at radius 3 is 2.46 bits per heavy atom. The Labute approximate surface area is 169 Å². The first-order chi connectivity index (χ1) is 13.3. The Morgan fingerprint density at radius 1 is 1.18 bits per heavy atom. The Hall–Kier alpha value is -2.10. The topological polar surface area (TPSA) is 66.4 Å². The molecule has 0 radical (unpaired) electrons. The van der Waals surface area contributed by atoms with Gasteiger partial charge in [-0.1, -0.05) is 56.9 Å². The van der Waals surface area contributed by atoms with Gasteiger partial charge in [0, 0.05) is 18.0 Å². The minimum atomic E-state index is -0.549. The Morgan fingerprint density at radius 2 is 1.86 bits per heavy atom.